The largest absolute Gasteiger partial charge is 0.466 e. The number of amides is 1. The van der Waals surface area contributed by atoms with E-state index >= 15 is 0 Å². The summed E-state index contributed by atoms with van der Waals surface area (Å²) in [6.07, 6.45) is -0.967. The molecular formula is C13H15Cl3N2O4. The second-order valence-corrected chi connectivity index (χ2v) is 7.32. The third-order valence-corrected chi connectivity index (χ3v) is 3.08. The van der Waals surface area contributed by atoms with Gasteiger partial charge in [0.15, 0.2) is 0 Å². The first-order chi connectivity index (χ1) is 10.1. The van der Waals surface area contributed by atoms with Crippen LogP contribution < -0.4 is 10.1 Å². The lowest BCUT2D eigenvalue weighted by molar-refractivity contribution is -0.384. The highest BCUT2D eigenvalue weighted by Gasteiger charge is 2.36. The van der Waals surface area contributed by atoms with E-state index in [-0.39, 0.29) is 29.7 Å². The minimum atomic E-state index is -1.89. The molecule has 0 aliphatic heterocycles. The number of hydrogen-bond donors (Lipinski definition) is 1. The van der Waals surface area contributed by atoms with Gasteiger partial charge in [0.2, 0.25) is 15.9 Å². The summed E-state index contributed by atoms with van der Waals surface area (Å²) in [4.78, 5) is 21.8. The number of nitrogens with one attached hydrogen (secondary N) is 1. The van der Waals surface area contributed by atoms with Gasteiger partial charge in [0, 0.05) is 18.6 Å². The SMILES string of the molecule is CC(C)CC(=O)N[C@H](Oc1ccc([N+](=O)[O-])cc1)C(Cl)(Cl)Cl. The Bertz CT molecular complexity index is 529. The molecule has 0 unspecified atom stereocenters. The van der Waals surface area contributed by atoms with E-state index in [1.165, 1.54) is 24.3 Å². The van der Waals surface area contributed by atoms with Crippen LogP contribution in [0.25, 0.3) is 0 Å². The number of non-ortho nitro benzene ring substituents is 1. The fourth-order valence-electron chi connectivity index (χ4n) is 1.54. The number of benzene rings is 1. The molecule has 1 aromatic rings. The molecule has 0 spiro atoms. The first-order valence-corrected chi connectivity index (χ1v) is 7.50. The highest BCUT2D eigenvalue weighted by molar-refractivity contribution is 6.68. The van der Waals surface area contributed by atoms with Crippen LogP contribution in [0.5, 0.6) is 5.75 Å². The number of rotatable bonds is 6. The molecule has 0 aliphatic rings. The Balaban J connectivity index is 2.81. The minimum absolute atomic E-state index is 0.0957. The Morgan fingerprint density at radius 3 is 2.27 bits per heavy atom. The second kappa shape index (κ2) is 7.85. The molecule has 0 aliphatic carbocycles. The van der Waals surface area contributed by atoms with E-state index < -0.39 is 14.9 Å². The van der Waals surface area contributed by atoms with Crippen molar-refractivity contribution in [2.24, 2.45) is 5.92 Å². The third kappa shape index (κ3) is 6.25. The van der Waals surface area contributed by atoms with E-state index in [1.54, 1.807) is 0 Å². The van der Waals surface area contributed by atoms with Gasteiger partial charge in [-0.25, -0.2) is 0 Å². The number of nitrogens with zero attached hydrogens (tertiary/aromatic N) is 1. The van der Waals surface area contributed by atoms with Crippen molar-refractivity contribution in [1.82, 2.24) is 5.32 Å². The van der Waals surface area contributed by atoms with E-state index in [0.29, 0.717) is 0 Å². The smallest absolute Gasteiger partial charge is 0.269 e. The zero-order chi connectivity index (χ0) is 16.9. The molecule has 1 rings (SSSR count). The van der Waals surface area contributed by atoms with Crippen LogP contribution in [0.3, 0.4) is 0 Å². The monoisotopic (exact) mass is 368 g/mol. The van der Waals surface area contributed by atoms with Crippen LogP contribution in [0.15, 0.2) is 24.3 Å². The number of halogens is 3. The van der Waals surface area contributed by atoms with Gasteiger partial charge in [-0.2, -0.15) is 0 Å². The molecule has 0 radical (unpaired) electrons. The number of hydrogen-bond acceptors (Lipinski definition) is 4. The van der Waals surface area contributed by atoms with Gasteiger partial charge in [-0.3, -0.25) is 14.9 Å². The van der Waals surface area contributed by atoms with Crippen LogP contribution in [0.4, 0.5) is 5.69 Å². The predicted octanol–water partition coefficient (Wildman–Crippen LogP) is 3.83. The Morgan fingerprint density at radius 2 is 1.86 bits per heavy atom. The molecule has 0 saturated heterocycles. The maximum Gasteiger partial charge on any atom is 0.269 e. The predicted molar refractivity (Wildman–Crippen MR) is 85.4 cm³/mol. The molecule has 0 aromatic heterocycles. The van der Waals surface area contributed by atoms with Gasteiger partial charge in [0.1, 0.15) is 5.75 Å². The van der Waals surface area contributed by atoms with E-state index in [1.807, 2.05) is 13.8 Å². The Kier molecular flexibility index (Phi) is 6.71. The van der Waals surface area contributed by atoms with Crippen molar-refractivity contribution in [2.45, 2.75) is 30.3 Å². The van der Waals surface area contributed by atoms with Gasteiger partial charge in [-0.15, -0.1) is 0 Å². The summed E-state index contributed by atoms with van der Waals surface area (Å²) >= 11 is 17.4. The molecular weight excluding hydrogens is 355 g/mol. The fourth-order valence-corrected chi connectivity index (χ4v) is 1.83. The molecule has 6 nitrogen and oxygen atoms in total. The van der Waals surface area contributed by atoms with Crippen LogP contribution in [0.2, 0.25) is 0 Å². The Labute approximate surface area is 142 Å². The molecule has 0 fully saturated rings. The minimum Gasteiger partial charge on any atom is -0.466 e. The number of nitro groups is 1. The van der Waals surface area contributed by atoms with E-state index in [0.717, 1.165) is 0 Å². The first kappa shape index (κ1) is 18.8. The van der Waals surface area contributed by atoms with E-state index in [9.17, 15) is 14.9 Å². The van der Waals surface area contributed by atoms with Crippen molar-refractivity contribution < 1.29 is 14.5 Å². The molecule has 9 heteroatoms. The van der Waals surface area contributed by atoms with Gasteiger partial charge < -0.3 is 10.1 Å². The zero-order valence-electron chi connectivity index (χ0n) is 11.9. The molecule has 0 saturated carbocycles. The topological polar surface area (TPSA) is 81.5 Å². The number of ether oxygens (including phenoxy) is 1. The van der Waals surface area contributed by atoms with Crippen LogP contribution >= 0.6 is 34.8 Å². The Hall–Kier alpha value is -1.24. The van der Waals surface area contributed by atoms with Crippen molar-refractivity contribution in [3.63, 3.8) is 0 Å². The van der Waals surface area contributed by atoms with Crippen LogP contribution in [0, 0.1) is 16.0 Å². The number of alkyl halides is 3. The molecule has 0 bridgehead atoms. The first-order valence-electron chi connectivity index (χ1n) is 6.36. The third-order valence-electron chi connectivity index (χ3n) is 2.48. The summed E-state index contributed by atoms with van der Waals surface area (Å²) in [5.74, 6) is 0.0374. The average molecular weight is 370 g/mol. The van der Waals surface area contributed by atoms with Crippen LogP contribution in [0.1, 0.15) is 20.3 Å². The van der Waals surface area contributed by atoms with Crippen molar-refractivity contribution in [1.29, 1.82) is 0 Å². The molecule has 0 heterocycles. The molecule has 122 valence electrons. The van der Waals surface area contributed by atoms with E-state index in [4.69, 9.17) is 39.5 Å². The van der Waals surface area contributed by atoms with Gasteiger partial charge in [-0.1, -0.05) is 48.7 Å². The molecule has 1 amide bonds. The van der Waals surface area contributed by atoms with Crippen molar-refractivity contribution in [3.05, 3.63) is 34.4 Å². The van der Waals surface area contributed by atoms with Gasteiger partial charge in [0.05, 0.1) is 4.92 Å². The van der Waals surface area contributed by atoms with Gasteiger partial charge >= 0.3 is 0 Å². The lowest BCUT2D eigenvalue weighted by Gasteiger charge is -2.26. The summed E-state index contributed by atoms with van der Waals surface area (Å²) in [6, 6.07) is 5.22. The van der Waals surface area contributed by atoms with Gasteiger partial charge in [-0.05, 0) is 18.1 Å². The summed E-state index contributed by atoms with van der Waals surface area (Å²) in [5, 5.41) is 13.1. The molecule has 1 N–H and O–H groups in total. The quantitative estimate of drug-likeness (QED) is 0.357. The van der Waals surface area contributed by atoms with Crippen molar-refractivity contribution in [3.8, 4) is 5.75 Å². The maximum absolute atomic E-state index is 11.8. The van der Waals surface area contributed by atoms with Crippen molar-refractivity contribution in [2.75, 3.05) is 0 Å². The Morgan fingerprint density at radius 1 is 1.32 bits per heavy atom. The van der Waals surface area contributed by atoms with Gasteiger partial charge in [0.25, 0.3) is 5.69 Å². The zero-order valence-corrected chi connectivity index (χ0v) is 14.2. The lowest BCUT2D eigenvalue weighted by Crippen LogP contribution is -2.48. The normalized spacial score (nSPS) is 12.8. The second-order valence-electron chi connectivity index (χ2n) is 4.96. The maximum atomic E-state index is 11.8. The lowest BCUT2D eigenvalue weighted by atomic mass is 10.1. The molecule has 22 heavy (non-hydrogen) atoms. The van der Waals surface area contributed by atoms with Crippen LogP contribution in [-0.4, -0.2) is 20.9 Å². The molecule has 1 aromatic carbocycles. The standard InChI is InChI=1S/C13H15Cl3N2O4/c1-8(2)7-11(19)17-12(13(14,15)16)22-10-5-3-9(4-6-10)18(20)21/h3-6,8,12H,7H2,1-2H3,(H,17,19)/t12-/m1/s1. The van der Waals surface area contributed by atoms with E-state index in [2.05, 4.69) is 5.32 Å². The summed E-state index contributed by atoms with van der Waals surface area (Å²) in [7, 11) is 0. The summed E-state index contributed by atoms with van der Waals surface area (Å²) in [6.45, 7) is 3.75. The molecule has 1 atom stereocenters. The van der Waals surface area contributed by atoms with Crippen LogP contribution in [-0.2, 0) is 4.79 Å². The highest BCUT2D eigenvalue weighted by Crippen LogP contribution is 2.32. The number of carbonyl (C=O) groups excluding carboxylic acids is 1. The average Bonchev–Trinajstić information content (AvgIpc) is 2.36. The fraction of sp³-hybridized carbons (Fsp3) is 0.462. The summed E-state index contributed by atoms with van der Waals surface area (Å²) < 4.78 is 3.52. The number of nitro benzene ring substituents is 1. The highest BCUT2D eigenvalue weighted by atomic mass is 35.6. The number of carbonyl (C=O) groups is 1. The summed E-state index contributed by atoms with van der Waals surface area (Å²) in [5.41, 5.74) is -0.0957. The van der Waals surface area contributed by atoms with Crippen molar-refractivity contribution >= 4 is 46.4 Å².